The molecular formula is C34H39F2N3O5S2. The first-order valence-electron chi connectivity index (χ1n) is 16.0. The van der Waals surface area contributed by atoms with Gasteiger partial charge < -0.3 is 10.0 Å². The topological polar surface area (TPSA) is 108 Å². The van der Waals surface area contributed by atoms with Crippen LogP contribution in [-0.4, -0.2) is 60.0 Å². The van der Waals surface area contributed by atoms with Gasteiger partial charge in [-0.2, -0.15) is 0 Å². The molecule has 1 saturated carbocycles. The summed E-state index contributed by atoms with van der Waals surface area (Å²) in [6.45, 7) is 2.66. The average molecular weight is 672 g/mol. The van der Waals surface area contributed by atoms with E-state index in [0.717, 1.165) is 55.3 Å². The summed E-state index contributed by atoms with van der Waals surface area (Å²) >= 11 is 1.50. The average Bonchev–Trinajstić information content (AvgIpc) is 3.83. The third-order valence-electron chi connectivity index (χ3n) is 9.54. The zero-order chi connectivity index (χ0) is 32.6. The number of aromatic nitrogens is 1. The number of rotatable bonds is 10. The Balaban J connectivity index is 1.34. The first-order chi connectivity index (χ1) is 22.0. The van der Waals surface area contributed by atoms with E-state index >= 15 is 0 Å². The van der Waals surface area contributed by atoms with E-state index in [9.17, 15) is 31.9 Å². The van der Waals surface area contributed by atoms with E-state index in [1.165, 1.54) is 39.9 Å². The number of thiazole rings is 1. The summed E-state index contributed by atoms with van der Waals surface area (Å²) < 4.78 is 55.3. The van der Waals surface area contributed by atoms with E-state index in [2.05, 4.69) is 4.98 Å². The van der Waals surface area contributed by atoms with Crippen LogP contribution in [0.5, 0.6) is 0 Å². The van der Waals surface area contributed by atoms with Gasteiger partial charge in [-0.3, -0.25) is 13.9 Å². The number of ketones is 1. The summed E-state index contributed by atoms with van der Waals surface area (Å²) in [5, 5.41) is 14.2. The van der Waals surface area contributed by atoms with Crippen LogP contribution in [0.2, 0.25) is 0 Å². The number of likely N-dealkylation sites (tertiary alicyclic amines) is 1. The van der Waals surface area contributed by atoms with Gasteiger partial charge >= 0.3 is 0 Å². The summed E-state index contributed by atoms with van der Waals surface area (Å²) in [7, 11) is -3.61. The van der Waals surface area contributed by atoms with Crippen LogP contribution in [0.4, 0.5) is 14.5 Å². The Kier molecular flexibility index (Phi) is 9.59. The van der Waals surface area contributed by atoms with Gasteiger partial charge in [0.15, 0.2) is 5.78 Å². The van der Waals surface area contributed by atoms with Crippen LogP contribution >= 0.6 is 11.3 Å². The fourth-order valence-corrected chi connectivity index (χ4v) is 9.80. The molecule has 1 N–H and O–H groups in total. The summed E-state index contributed by atoms with van der Waals surface area (Å²) in [6, 6.07) is 7.58. The summed E-state index contributed by atoms with van der Waals surface area (Å²) in [5.41, 5.74) is 1.86. The zero-order valence-corrected chi connectivity index (χ0v) is 27.5. The highest BCUT2D eigenvalue weighted by Crippen LogP contribution is 2.37. The van der Waals surface area contributed by atoms with Crippen molar-refractivity contribution in [2.24, 2.45) is 11.8 Å². The molecule has 1 amide bonds. The number of carbonyl (C=O) groups is 2. The van der Waals surface area contributed by atoms with Crippen molar-refractivity contribution in [3.63, 3.8) is 0 Å². The van der Waals surface area contributed by atoms with Crippen molar-refractivity contribution < 1.29 is 31.9 Å². The molecule has 0 bridgehead atoms. The van der Waals surface area contributed by atoms with Crippen LogP contribution in [0.25, 0.3) is 0 Å². The monoisotopic (exact) mass is 671 g/mol. The molecule has 12 heteroatoms. The second-order valence-corrected chi connectivity index (χ2v) is 15.8. The second-order valence-electron chi connectivity index (χ2n) is 12.9. The van der Waals surface area contributed by atoms with Crippen LogP contribution in [0.1, 0.15) is 94.4 Å². The first kappa shape index (κ1) is 32.7. The predicted molar refractivity (Wildman–Crippen MR) is 173 cm³/mol. The maximum atomic E-state index is 14.1. The van der Waals surface area contributed by atoms with Gasteiger partial charge in [-0.25, -0.2) is 22.2 Å². The lowest BCUT2D eigenvalue weighted by atomic mass is 9.81. The Morgan fingerprint density at radius 1 is 0.978 bits per heavy atom. The lowest BCUT2D eigenvalue weighted by Gasteiger charge is -2.28. The number of hydrogen-bond donors (Lipinski definition) is 1. The molecule has 0 radical (unpaired) electrons. The molecule has 0 spiro atoms. The Bertz CT molecular complexity index is 1700. The molecule has 6 rings (SSSR count). The molecule has 0 unspecified atom stereocenters. The van der Waals surface area contributed by atoms with E-state index in [-0.39, 0.29) is 65.6 Å². The number of amides is 1. The number of benzene rings is 2. The number of nitrogens with zero attached hydrogens (tertiary/aromatic N) is 3. The molecule has 46 heavy (non-hydrogen) atoms. The van der Waals surface area contributed by atoms with Crippen molar-refractivity contribution in [3.05, 3.63) is 80.8 Å². The van der Waals surface area contributed by atoms with Gasteiger partial charge in [0.2, 0.25) is 10.0 Å². The minimum absolute atomic E-state index is 0.0219. The smallest absolute Gasteiger partial charge is 0.254 e. The largest absolute Gasteiger partial charge is 0.393 e. The van der Waals surface area contributed by atoms with E-state index in [1.807, 2.05) is 12.3 Å². The molecular weight excluding hydrogens is 633 g/mol. The Morgan fingerprint density at radius 3 is 2.35 bits per heavy atom. The third-order valence-corrected chi connectivity index (χ3v) is 12.5. The predicted octanol–water partition coefficient (Wildman–Crippen LogP) is 6.23. The van der Waals surface area contributed by atoms with E-state index in [1.54, 1.807) is 11.0 Å². The maximum Gasteiger partial charge on any atom is 0.254 e. The molecule has 1 aromatic heterocycles. The molecule has 3 fully saturated rings. The number of aliphatic hydroxyl groups excluding tert-OH is 1. The number of aryl methyl sites for hydroxylation is 1. The normalized spacial score (nSPS) is 21.2. The summed E-state index contributed by atoms with van der Waals surface area (Å²) in [5.74, 6) is -2.83. The van der Waals surface area contributed by atoms with Crippen LogP contribution in [0.3, 0.4) is 0 Å². The molecule has 3 heterocycles. The van der Waals surface area contributed by atoms with Gasteiger partial charge in [-0.1, -0.05) is 12.8 Å². The molecule has 2 aliphatic heterocycles. The Labute approximate surface area is 272 Å². The fourth-order valence-electron chi connectivity index (χ4n) is 7.31. The third kappa shape index (κ3) is 7.03. The van der Waals surface area contributed by atoms with Crippen molar-refractivity contribution >= 4 is 38.7 Å². The first-order valence-corrected chi connectivity index (χ1v) is 18.5. The maximum absolute atomic E-state index is 14.1. The number of Topliss-reactive ketones (excluding diaryl/α,β-unsaturated/α-hetero) is 1. The molecule has 3 aromatic rings. The van der Waals surface area contributed by atoms with Crippen molar-refractivity contribution in [2.75, 3.05) is 23.1 Å². The summed E-state index contributed by atoms with van der Waals surface area (Å²) in [6.07, 6.45) is 4.61. The van der Waals surface area contributed by atoms with Crippen molar-refractivity contribution in [3.8, 4) is 0 Å². The Hall–Kier alpha value is -3.22. The lowest BCUT2D eigenvalue weighted by molar-refractivity contribution is 0.0456. The number of hydrogen-bond acceptors (Lipinski definition) is 7. The fraction of sp³-hybridized carbons (Fsp3) is 0.500. The molecule has 3 atom stereocenters. The Morgan fingerprint density at radius 2 is 1.70 bits per heavy atom. The summed E-state index contributed by atoms with van der Waals surface area (Å²) in [4.78, 5) is 34.5. The highest BCUT2D eigenvalue weighted by atomic mass is 32.2. The second kappa shape index (κ2) is 13.5. The van der Waals surface area contributed by atoms with Crippen LogP contribution < -0.4 is 4.31 Å². The van der Waals surface area contributed by atoms with Crippen molar-refractivity contribution in [1.29, 1.82) is 0 Å². The van der Waals surface area contributed by atoms with Crippen molar-refractivity contribution in [2.45, 2.75) is 76.9 Å². The standard InChI is InChI=1S/C34H39F2N3O5S2/c1-21-20-45-33(37-21)30-8-4-9-38(30)34(42)26-15-24(16-29(17-26)39-10-5-11-46(39,43)44)31(40)18-25(32(41)23-6-2-3-7-23)12-22-13-27(35)19-28(36)14-22/h13-17,19-20,23,25,30,32,41H,2-12,18H2,1H3/t25-,30-,32-/m1/s1. The van der Waals surface area contributed by atoms with Gasteiger partial charge in [-0.05, 0) is 93.2 Å². The van der Waals surface area contributed by atoms with Gasteiger partial charge in [0, 0.05) is 47.8 Å². The van der Waals surface area contributed by atoms with E-state index in [4.69, 9.17) is 0 Å². The SMILES string of the molecule is Cc1csc([C@H]2CCCN2C(=O)c2cc(C(=O)C[C@@H](Cc3cc(F)cc(F)c3)[C@H](O)C3CCCC3)cc(N3CCCS3(=O)=O)c2)n1. The molecule has 8 nitrogen and oxygen atoms in total. The number of carbonyl (C=O) groups excluding carboxylic acids is 2. The highest BCUT2D eigenvalue weighted by molar-refractivity contribution is 7.93. The minimum atomic E-state index is -3.61. The zero-order valence-electron chi connectivity index (χ0n) is 25.8. The molecule has 2 aromatic carbocycles. The van der Waals surface area contributed by atoms with E-state index in [0.29, 0.717) is 18.5 Å². The molecule has 1 aliphatic carbocycles. The molecule has 246 valence electrons. The van der Waals surface area contributed by atoms with Gasteiger partial charge in [-0.15, -0.1) is 11.3 Å². The number of aliphatic hydroxyl groups is 1. The minimum Gasteiger partial charge on any atom is -0.393 e. The van der Waals surface area contributed by atoms with Crippen LogP contribution in [0.15, 0.2) is 41.8 Å². The molecule has 2 saturated heterocycles. The number of anilines is 1. The van der Waals surface area contributed by atoms with Gasteiger partial charge in [0.1, 0.15) is 16.6 Å². The van der Waals surface area contributed by atoms with Gasteiger partial charge in [0.25, 0.3) is 5.91 Å². The quantitative estimate of drug-likeness (QED) is 0.256. The van der Waals surface area contributed by atoms with Crippen molar-refractivity contribution in [1.82, 2.24) is 9.88 Å². The number of sulfonamides is 1. The number of halogens is 2. The van der Waals surface area contributed by atoms with Crippen LogP contribution in [-0.2, 0) is 16.4 Å². The van der Waals surface area contributed by atoms with Gasteiger partial charge in [0.05, 0.1) is 23.6 Å². The van der Waals surface area contributed by atoms with E-state index < -0.39 is 33.7 Å². The lowest BCUT2D eigenvalue weighted by Crippen LogP contribution is -2.32. The molecule has 3 aliphatic rings. The van der Waals surface area contributed by atoms with Crippen LogP contribution in [0, 0.1) is 30.4 Å². The highest BCUT2D eigenvalue weighted by Gasteiger charge is 2.36.